The molecule has 0 aromatic carbocycles. The summed E-state index contributed by atoms with van der Waals surface area (Å²) in [6, 6.07) is -0.304. The second-order valence-electron chi connectivity index (χ2n) is 5.38. The highest BCUT2D eigenvalue weighted by atomic mass is 16.4. The quantitative estimate of drug-likeness (QED) is 0.746. The molecule has 4 heteroatoms. The molecule has 16 heavy (non-hydrogen) atoms. The van der Waals surface area contributed by atoms with Crippen molar-refractivity contribution in [3.8, 4) is 0 Å². The van der Waals surface area contributed by atoms with Gasteiger partial charge >= 0.3 is 5.97 Å². The molecule has 1 saturated carbocycles. The molecular formula is C12H21NO3. The summed E-state index contributed by atoms with van der Waals surface area (Å²) in [7, 11) is 0. The van der Waals surface area contributed by atoms with Gasteiger partial charge in [0.1, 0.15) is 6.04 Å². The van der Waals surface area contributed by atoms with Crippen LogP contribution in [0.3, 0.4) is 0 Å². The summed E-state index contributed by atoms with van der Waals surface area (Å²) in [5.41, 5.74) is 0. The van der Waals surface area contributed by atoms with Gasteiger partial charge in [-0.15, -0.1) is 0 Å². The number of aliphatic carboxylic acids is 1. The van der Waals surface area contributed by atoms with E-state index in [1.165, 1.54) is 12.8 Å². The van der Waals surface area contributed by atoms with E-state index >= 15 is 0 Å². The molecule has 0 bridgehead atoms. The van der Waals surface area contributed by atoms with Crippen molar-refractivity contribution < 1.29 is 15.0 Å². The van der Waals surface area contributed by atoms with Crippen LogP contribution < -0.4 is 0 Å². The van der Waals surface area contributed by atoms with Crippen molar-refractivity contribution in [1.29, 1.82) is 0 Å². The Labute approximate surface area is 96.3 Å². The van der Waals surface area contributed by atoms with Crippen molar-refractivity contribution in [2.24, 2.45) is 17.8 Å². The lowest BCUT2D eigenvalue weighted by atomic mass is 9.94. The summed E-state index contributed by atoms with van der Waals surface area (Å²) in [5.74, 6) is 0.413. The molecule has 0 aromatic rings. The Kier molecular flexibility index (Phi) is 3.50. The lowest BCUT2D eigenvalue weighted by molar-refractivity contribution is -0.143. The average molecular weight is 227 g/mol. The standard InChI is InChI=1S/C12H21NO3/c1-8(7-14)5-13-6-9-3-2-4-10(9)11(13)12(15)16/h8-11,14H,2-7H2,1H3,(H,15,16). The van der Waals surface area contributed by atoms with E-state index in [4.69, 9.17) is 5.11 Å². The molecule has 4 nitrogen and oxygen atoms in total. The van der Waals surface area contributed by atoms with Gasteiger partial charge in [-0.25, -0.2) is 0 Å². The minimum atomic E-state index is -0.681. The van der Waals surface area contributed by atoms with Crippen LogP contribution in [0, 0.1) is 17.8 Å². The zero-order valence-electron chi connectivity index (χ0n) is 9.80. The lowest BCUT2D eigenvalue weighted by Crippen LogP contribution is -2.42. The fourth-order valence-corrected chi connectivity index (χ4v) is 3.38. The first-order valence-corrected chi connectivity index (χ1v) is 6.21. The van der Waals surface area contributed by atoms with E-state index in [2.05, 4.69) is 4.90 Å². The SMILES string of the molecule is CC(CO)CN1CC2CCCC2C1C(=O)O. The minimum Gasteiger partial charge on any atom is -0.480 e. The zero-order chi connectivity index (χ0) is 11.7. The van der Waals surface area contributed by atoms with Crippen LogP contribution in [0.4, 0.5) is 0 Å². The number of carbonyl (C=O) groups is 1. The summed E-state index contributed by atoms with van der Waals surface area (Å²) in [6.07, 6.45) is 3.42. The normalized spacial score (nSPS) is 36.2. The van der Waals surface area contributed by atoms with Gasteiger partial charge < -0.3 is 10.2 Å². The van der Waals surface area contributed by atoms with Gasteiger partial charge in [-0.3, -0.25) is 9.69 Å². The maximum absolute atomic E-state index is 11.3. The monoisotopic (exact) mass is 227 g/mol. The van der Waals surface area contributed by atoms with Gasteiger partial charge in [-0.1, -0.05) is 13.3 Å². The summed E-state index contributed by atoms with van der Waals surface area (Å²) in [4.78, 5) is 13.4. The van der Waals surface area contributed by atoms with Crippen LogP contribution in [-0.2, 0) is 4.79 Å². The Morgan fingerprint density at radius 2 is 2.25 bits per heavy atom. The molecule has 1 saturated heterocycles. The number of aliphatic hydroxyl groups is 1. The van der Waals surface area contributed by atoms with E-state index in [1.54, 1.807) is 0 Å². The maximum Gasteiger partial charge on any atom is 0.321 e. The summed E-state index contributed by atoms with van der Waals surface area (Å²) in [6.45, 7) is 3.72. The molecule has 0 spiro atoms. The van der Waals surface area contributed by atoms with Crippen LogP contribution in [0.1, 0.15) is 26.2 Å². The van der Waals surface area contributed by atoms with E-state index in [-0.39, 0.29) is 18.6 Å². The first-order valence-electron chi connectivity index (χ1n) is 6.21. The molecule has 2 fully saturated rings. The molecule has 1 aliphatic carbocycles. The van der Waals surface area contributed by atoms with Gasteiger partial charge in [0.25, 0.3) is 0 Å². The van der Waals surface area contributed by atoms with Gasteiger partial charge in [-0.2, -0.15) is 0 Å². The lowest BCUT2D eigenvalue weighted by Gasteiger charge is -2.26. The zero-order valence-corrected chi connectivity index (χ0v) is 9.80. The fraction of sp³-hybridized carbons (Fsp3) is 0.917. The number of hydrogen-bond donors (Lipinski definition) is 2. The van der Waals surface area contributed by atoms with Crippen molar-refractivity contribution >= 4 is 5.97 Å². The Morgan fingerprint density at radius 1 is 1.50 bits per heavy atom. The van der Waals surface area contributed by atoms with Crippen LogP contribution in [0.2, 0.25) is 0 Å². The largest absolute Gasteiger partial charge is 0.480 e. The first kappa shape index (κ1) is 11.9. The van der Waals surface area contributed by atoms with Crippen LogP contribution in [0.15, 0.2) is 0 Å². The average Bonchev–Trinajstić information content (AvgIpc) is 2.76. The smallest absolute Gasteiger partial charge is 0.321 e. The van der Waals surface area contributed by atoms with Crippen LogP contribution in [-0.4, -0.2) is 46.8 Å². The third-order valence-corrected chi connectivity index (χ3v) is 4.10. The molecule has 2 rings (SSSR count). The molecule has 4 atom stereocenters. The van der Waals surface area contributed by atoms with Crippen molar-refractivity contribution in [1.82, 2.24) is 4.90 Å². The second-order valence-corrected chi connectivity index (χ2v) is 5.38. The highest BCUT2D eigenvalue weighted by Gasteiger charge is 2.47. The topological polar surface area (TPSA) is 60.8 Å². The van der Waals surface area contributed by atoms with E-state index in [0.717, 1.165) is 13.0 Å². The summed E-state index contributed by atoms with van der Waals surface area (Å²) >= 11 is 0. The van der Waals surface area contributed by atoms with E-state index in [9.17, 15) is 9.90 Å². The van der Waals surface area contributed by atoms with Gasteiger partial charge in [-0.05, 0) is 30.6 Å². The van der Waals surface area contributed by atoms with Gasteiger partial charge in [0.2, 0.25) is 0 Å². The molecule has 1 heterocycles. The third kappa shape index (κ3) is 2.09. The Hall–Kier alpha value is -0.610. The molecule has 2 aliphatic rings. The molecule has 4 unspecified atom stereocenters. The van der Waals surface area contributed by atoms with Crippen molar-refractivity contribution in [2.75, 3.05) is 19.7 Å². The van der Waals surface area contributed by atoms with Crippen LogP contribution >= 0.6 is 0 Å². The molecular weight excluding hydrogens is 206 g/mol. The number of carboxylic acids is 1. The first-order chi connectivity index (χ1) is 7.63. The van der Waals surface area contributed by atoms with E-state index in [0.29, 0.717) is 18.4 Å². The number of carboxylic acid groups (broad SMARTS) is 1. The number of hydrogen-bond acceptors (Lipinski definition) is 3. The highest BCUT2D eigenvalue weighted by Crippen LogP contribution is 2.42. The number of rotatable bonds is 4. The van der Waals surface area contributed by atoms with E-state index in [1.807, 2.05) is 6.92 Å². The maximum atomic E-state index is 11.3. The molecule has 0 radical (unpaired) electrons. The van der Waals surface area contributed by atoms with Crippen molar-refractivity contribution in [3.63, 3.8) is 0 Å². The van der Waals surface area contributed by atoms with Crippen LogP contribution in [0.25, 0.3) is 0 Å². The van der Waals surface area contributed by atoms with Gasteiger partial charge in [0, 0.05) is 19.7 Å². The second kappa shape index (κ2) is 4.72. The molecule has 92 valence electrons. The highest BCUT2D eigenvalue weighted by molar-refractivity contribution is 5.74. The van der Waals surface area contributed by atoms with Gasteiger partial charge in [0.05, 0.1) is 0 Å². The predicted molar refractivity (Wildman–Crippen MR) is 60.1 cm³/mol. The number of nitrogens with zero attached hydrogens (tertiary/aromatic N) is 1. The Bertz CT molecular complexity index is 267. The summed E-state index contributed by atoms with van der Waals surface area (Å²) in [5, 5.41) is 18.4. The molecule has 0 amide bonds. The molecule has 1 aliphatic heterocycles. The third-order valence-electron chi connectivity index (χ3n) is 4.10. The predicted octanol–water partition coefficient (Wildman–Crippen LogP) is 0.800. The number of likely N-dealkylation sites (tertiary alicyclic amines) is 1. The van der Waals surface area contributed by atoms with Gasteiger partial charge in [0.15, 0.2) is 0 Å². The van der Waals surface area contributed by atoms with Crippen LogP contribution in [0.5, 0.6) is 0 Å². The minimum absolute atomic E-state index is 0.137. The Morgan fingerprint density at radius 3 is 2.88 bits per heavy atom. The Balaban J connectivity index is 2.04. The van der Waals surface area contributed by atoms with E-state index < -0.39 is 5.97 Å². The van der Waals surface area contributed by atoms with Crippen molar-refractivity contribution in [3.05, 3.63) is 0 Å². The molecule has 2 N–H and O–H groups in total. The fourth-order valence-electron chi connectivity index (χ4n) is 3.38. The number of aliphatic hydroxyl groups excluding tert-OH is 1. The summed E-state index contributed by atoms with van der Waals surface area (Å²) < 4.78 is 0. The van der Waals surface area contributed by atoms with Crippen molar-refractivity contribution in [2.45, 2.75) is 32.2 Å². The number of fused-ring (bicyclic) bond motifs is 1. The molecule has 0 aromatic heterocycles.